The Labute approximate surface area is 49.3 Å². The van der Waals surface area contributed by atoms with Gasteiger partial charge in [-0.05, 0) is 6.92 Å². The van der Waals surface area contributed by atoms with Gasteiger partial charge in [-0.25, -0.2) is 8.42 Å². The minimum absolute atomic E-state index is 0.293. The van der Waals surface area contributed by atoms with Crippen molar-refractivity contribution < 1.29 is 13.5 Å². The summed E-state index contributed by atoms with van der Waals surface area (Å²) in [7, 11) is -3.00. The van der Waals surface area contributed by atoms with Crippen molar-refractivity contribution in [3.05, 3.63) is 0 Å². The van der Waals surface area contributed by atoms with Crippen LogP contribution in [0.1, 0.15) is 6.92 Å². The topological polar surface area (TPSA) is 54.4 Å². The van der Waals surface area contributed by atoms with E-state index in [-0.39, 0.29) is 6.61 Å². The van der Waals surface area contributed by atoms with E-state index in [0.717, 1.165) is 6.26 Å². The standard InChI is InChI=1S/C4H10O3S/c1-4(3-5)8(2,6)7/h4-5H,3H2,1-2H3/t4-/m1/s1. The summed E-state index contributed by atoms with van der Waals surface area (Å²) in [6.07, 6.45) is 1.11. The molecule has 1 atom stereocenters. The zero-order valence-electron chi connectivity index (χ0n) is 4.96. The van der Waals surface area contributed by atoms with Gasteiger partial charge in [-0.2, -0.15) is 0 Å². The lowest BCUT2D eigenvalue weighted by Gasteiger charge is -2.01. The molecule has 0 bridgehead atoms. The van der Waals surface area contributed by atoms with Crippen molar-refractivity contribution in [1.82, 2.24) is 0 Å². The molecule has 8 heavy (non-hydrogen) atoms. The minimum atomic E-state index is -3.00. The Balaban J connectivity index is 4.04. The summed E-state index contributed by atoms with van der Waals surface area (Å²) in [5.74, 6) is 0. The molecule has 0 saturated carbocycles. The summed E-state index contributed by atoms with van der Waals surface area (Å²) in [5.41, 5.74) is 0. The Morgan fingerprint density at radius 1 is 1.62 bits per heavy atom. The maximum Gasteiger partial charge on any atom is 0.152 e. The maximum atomic E-state index is 10.4. The fourth-order valence-corrected chi connectivity index (χ4v) is 0.406. The third kappa shape index (κ3) is 2.28. The molecule has 0 rings (SSSR count). The molecule has 4 heteroatoms. The smallest absolute Gasteiger partial charge is 0.152 e. The van der Waals surface area contributed by atoms with Crippen molar-refractivity contribution in [2.75, 3.05) is 12.9 Å². The molecule has 0 fully saturated rings. The molecule has 0 aromatic carbocycles. The van der Waals surface area contributed by atoms with Gasteiger partial charge in [0.1, 0.15) is 0 Å². The van der Waals surface area contributed by atoms with Gasteiger partial charge in [-0.3, -0.25) is 0 Å². The Kier molecular flexibility index (Phi) is 2.43. The normalized spacial score (nSPS) is 15.9. The highest BCUT2D eigenvalue weighted by Crippen LogP contribution is 1.93. The molecule has 0 aliphatic carbocycles. The van der Waals surface area contributed by atoms with Crippen molar-refractivity contribution in [2.24, 2.45) is 0 Å². The fourth-order valence-electron chi connectivity index (χ4n) is 0.135. The van der Waals surface area contributed by atoms with Gasteiger partial charge in [-0.1, -0.05) is 0 Å². The molecule has 50 valence electrons. The van der Waals surface area contributed by atoms with Crippen molar-refractivity contribution in [1.29, 1.82) is 0 Å². The van der Waals surface area contributed by atoms with Gasteiger partial charge >= 0.3 is 0 Å². The zero-order valence-corrected chi connectivity index (χ0v) is 5.77. The van der Waals surface area contributed by atoms with E-state index >= 15 is 0 Å². The van der Waals surface area contributed by atoms with Crippen LogP contribution in [0.4, 0.5) is 0 Å². The number of aliphatic hydroxyl groups is 1. The molecule has 0 radical (unpaired) electrons. The Morgan fingerprint density at radius 3 is 2.00 bits per heavy atom. The van der Waals surface area contributed by atoms with Crippen LogP contribution in [0.5, 0.6) is 0 Å². The van der Waals surface area contributed by atoms with Crippen LogP contribution in [0.2, 0.25) is 0 Å². The van der Waals surface area contributed by atoms with Gasteiger partial charge in [0.05, 0.1) is 11.9 Å². The quantitative estimate of drug-likeness (QED) is 0.555. The predicted molar refractivity (Wildman–Crippen MR) is 31.4 cm³/mol. The second kappa shape index (κ2) is 2.46. The van der Waals surface area contributed by atoms with Gasteiger partial charge in [0.2, 0.25) is 0 Å². The Bertz CT molecular complexity index is 147. The van der Waals surface area contributed by atoms with E-state index in [1.807, 2.05) is 0 Å². The lowest BCUT2D eigenvalue weighted by Crippen LogP contribution is -2.19. The third-order valence-electron chi connectivity index (χ3n) is 0.988. The Hall–Kier alpha value is -0.0900. The zero-order chi connectivity index (χ0) is 6.78. The highest BCUT2D eigenvalue weighted by molar-refractivity contribution is 7.91. The first kappa shape index (κ1) is 7.91. The summed E-state index contributed by atoms with van der Waals surface area (Å²) in [5, 5.41) is 7.67. The van der Waals surface area contributed by atoms with Crippen LogP contribution in [0.15, 0.2) is 0 Å². The number of hydrogen-bond donors (Lipinski definition) is 1. The van der Waals surface area contributed by atoms with Crippen LogP contribution in [0.3, 0.4) is 0 Å². The largest absolute Gasteiger partial charge is 0.395 e. The van der Waals surface area contributed by atoms with Gasteiger partial charge in [-0.15, -0.1) is 0 Å². The van der Waals surface area contributed by atoms with Crippen LogP contribution >= 0.6 is 0 Å². The summed E-state index contributed by atoms with van der Waals surface area (Å²) in [6.45, 7) is 1.17. The minimum Gasteiger partial charge on any atom is -0.395 e. The van der Waals surface area contributed by atoms with Crippen LogP contribution in [0, 0.1) is 0 Å². The van der Waals surface area contributed by atoms with Crippen LogP contribution in [-0.4, -0.2) is 31.6 Å². The molecule has 0 aromatic rings. The Morgan fingerprint density at radius 2 is 2.00 bits per heavy atom. The third-order valence-corrected chi connectivity index (χ3v) is 2.60. The van der Waals surface area contributed by atoms with E-state index in [1.54, 1.807) is 0 Å². The average Bonchev–Trinajstić information content (AvgIpc) is 1.62. The second-order valence-electron chi connectivity index (χ2n) is 1.82. The van der Waals surface area contributed by atoms with Crippen molar-refractivity contribution >= 4 is 9.84 Å². The molecule has 0 unspecified atom stereocenters. The molecule has 0 aliphatic heterocycles. The first-order chi connectivity index (χ1) is 3.48. The van der Waals surface area contributed by atoms with E-state index < -0.39 is 15.1 Å². The fraction of sp³-hybridized carbons (Fsp3) is 1.00. The first-order valence-corrected chi connectivity index (χ1v) is 4.23. The SMILES string of the molecule is C[C@H](CO)S(C)(=O)=O. The number of sulfone groups is 1. The van der Waals surface area contributed by atoms with Gasteiger partial charge in [0.25, 0.3) is 0 Å². The van der Waals surface area contributed by atoms with Gasteiger partial charge in [0.15, 0.2) is 9.84 Å². The summed E-state index contributed by atoms with van der Waals surface area (Å²) < 4.78 is 20.8. The number of rotatable bonds is 2. The van der Waals surface area contributed by atoms with Gasteiger partial charge < -0.3 is 5.11 Å². The van der Waals surface area contributed by atoms with E-state index in [4.69, 9.17) is 5.11 Å². The lowest BCUT2D eigenvalue weighted by molar-refractivity contribution is 0.296. The lowest BCUT2D eigenvalue weighted by atomic mass is 10.5. The molecule has 3 nitrogen and oxygen atoms in total. The molecule has 0 amide bonds. The van der Waals surface area contributed by atoms with E-state index in [9.17, 15) is 8.42 Å². The molecule has 0 aliphatic rings. The predicted octanol–water partition coefficient (Wildman–Crippen LogP) is -0.588. The van der Waals surface area contributed by atoms with E-state index in [0.29, 0.717) is 0 Å². The monoisotopic (exact) mass is 138 g/mol. The molecule has 0 heterocycles. The molecular weight excluding hydrogens is 128 g/mol. The molecule has 0 aromatic heterocycles. The summed E-state index contributed by atoms with van der Waals surface area (Å²) in [4.78, 5) is 0. The molecule has 1 N–H and O–H groups in total. The summed E-state index contributed by atoms with van der Waals surface area (Å²) >= 11 is 0. The number of aliphatic hydroxyl groups excluding tert-OH is 1. The van der Waals surface area contributed by atoms with E-state index in [2.05, 4.69) is 0 Å². The average molecular weight is 138 g/mol. The highest BCUT2D eigenvalue weighted by Gasteiger charge is 2.11. The van der Waals surface area contributed by atoms with Crippen LogP contribution in [0.25, 0.3) is 0 Å². The molecule has 0 saturated heterocycles. The molecule has 0 spiro atoms. The van der Waals surface area contributed by atoms with Crippen molar-refractivity contribution in [3.63, 3.8) is 0 Å². The van der Waals surface area contributed by atoms with E-state index in [1.165, 1.54) is 6.92 Å². The highest BCUT2D eigenvalue weighted by atomic mass is 32.2. The maximum absolute atomic E-state index is 10.4. The molecular formula is C4H10O3S. The van der Waals surface area contributed by atoms with Crippen LogP contribution in [-0.2, 0) is 9.84 Å². The van der Waals surface area contributed by atoms with Gasteiger partial charge in [0, 0.05) is 6.26 Å². The van der Waals surface area contributed by atoms with Crippen LogP contribution < -0.4 is 0 Å². The first-order valence-electron chi connectivity index (χ1n) is 2.28. The second-order valence-corrected chi connectivity index (χ2v) is 4.29. The van der Waals surface area contributed by atoms with Crippen molar-refractivity contribution in [3.8, 4) is 0 Å². The van der Waals surface area contributed by atoms with Crippen molar-refractivity contribution in [2.45, 2.75) is 12.2 Å². The summed E-state index contributed by atoms with van der Waals surface area (Å²) in [6, 6.07) is 0. The number of hydrogen-bond acceptors (Lipinski definition) is 3.